The lowest BCUT2D eigenvalue weighted by Gasteiger charge is -2.04. The molecule has 0 bridgehead atoms. The van der Waals surface area contributed by atoms with Crippen LogP contribution in [-0.2, 0) is 9.59 Å². The Balaban J connectivity index is 3.59. The molecule has 0 saturated heterocycles. The third-order valence-electron chi connectivity index (χ3n) is 2.15. The van der Waals surface area contributed by atoms with Crippen molar-refractivity contribution < 1.29 is 9.59 Å². The predicted molar refractivity (Wildman–Crippen MR) is 69.6 cm³/mol. The number of amides is 2. The number of carbonyl (C=O) groups excluding carboxylic acids is 2. The fraction of sp³-hybridized carbons (Fsp3) is 0.500. The van der Waals surface area contributed by atoms with E-state index in [0.29, 0.717) is 19.4 Å². The van der Waals surface area contributed by atoms with E-state index in [9.17, 15) is 14.5 Å². The average Bonchev–Trinajstić information content (AvgIpc) is 2.36. The zero-order chi connectivity index (χ0) is 13.8. The summed E-state index contributed by atoms with van der Waals surface area (Å²) in [6.07, 6.45) is 4.85. The second-order valence-electron chi connectivity index (χ2n) is 3.72. The van der Waals surface area contributed by atoms with Crippen molar-refractivity contribution in [3.8, 4) is 0 Å². The Morgan fingerprint density at radius 2 is 2.00 bits per heavy atom. The van der Waals surface area contributed by atoms with Gasteiger partial charge in [-0.3, -0.25) is 9.59 Å². The van der Waals surface area contributed by atoms with Gasteiger partial charge < -0.3 is 10.6 Å². The number of rotatable bonds is 9. The van der Waals surface area contributed by atoms with Crippen LogP contribution in [0.1, 0.15) is 25.7 Å². The number of nitrogens with zero attached hydrogens (tertiary/aromatic N) is 1. The molecular formula is C12H19N3O3. The molecule has 18 heavy (non-hydrogen) atoms. The van der Waals surface area contributed by atoms with E-state index in [1.165, 1.54) is 0 Å². The first-order chi connectivity index (χ1) is 8.60. The third kappa shape index (κ3) is 9.26. The quantitative estimate of drug-likeness (QED) is 0.478. The lowest BCUT2D eigenvalue weighted by Crippen LogP contribution is -2.24. The van der Waals surface area contributed by atoms with E-state index in [2.05, 4.69) is 22.4 Å². The molecule has 0 spiro atoms. The number of hydrogen-bond acceptors (Lipinski definition) is 4. The Labute approximate surface area is 106 Å². The molecule has 0 saturated carbocycles. The van der Waals surface area contributed by atoms with Crippen LogP contribution in [0.5, 0.6) is 0 Å². The highest BCUT2D eigenvalue weighted by Crippen LogP contribution is 1.99. The van der Waals surface area contributed by atoms with E-state index in [-0.39, 0.29) is 18.7 Å². The van der Waals surface area contributed by atoms with Crippen molar-refractivity contribution in [2.45, 2.75) is 25.7 Å². The van der Waals surface area contributed by atoms with Gasteiger partial charge in [0.05, 0.1) is 0 Å². The summed E-state index contributed by atoms with van der Waals surface area (Å²) in [6.45, 7) is 4.32. The van der Waals surface area contributed by atoms with Gasteiger partial charge in [0.2, 0.25) is 5.91 Å². The van der Waals surface area contributed by atoms with Crippen molar-refractivity contribution >= 4 is 11.8 Å². The van der Waals surface area contributed by atoms with Gasteiger partial charge in [-0.1, -0.05) is 12.2 Å². The highest BCUT2D eigenvalue weighted by Gasteiger charge is 2.04. The van der Waals surface area contributed by atoms with E-state index >= 15 is 0 Å². The second kappa shape index (κ2) is 10.2. The Morgan fingerprint density at radius 1 is 1.28 bits per heavy atom. The SMILES string of the molecule is C=C(/C=C\NC)CCNC(=O)CCCC(=O)N=O. The highest BCUT2D eigenvalue weighted by atomic mass is 16.3. The minimum atomic E-state index is -0.714. The Kier molecular flexibility index (Phi) is 9.07. The van der Waals surface area contributed by atoms with E-state index in [0.717, 1.165) is 5.57 Å². The van der Waals surface area contributed by atoms with Gasteiger partial charge in [-0.15, -0.1) is 4.91 Å². The number of nitrogens with one attached hydrogen (secondary N) is 2. The Bertz CT molecular complexity index is 337. The lowest BCUT2D eigenvalue weighted by atomic mass is 10.2. The van der Waals surface area contributed by atoms with Gasteiger partial charge in [0.1, 0.15) is 0 Å². The van der Waals surface area contributed by atoms with Crippen LogP contribution in [-0.4, -0.2) is 25.4 Å². The van der Waals surface area contributed by atoms with Crippen molar-refractivity contribution in [2.24, 2.45) is 5.18 Å². The first-order valence-electron chi connectivity index (χ1n) is 5.74. The van der Waals surface area contributed by atoms with Crippen LogP contribution in [0.4, 0.5) is 0 Å². The predicted octanol–water partition coefficient (Wildman–Crippen LogP) is 1.25. The van der Waals surface area contributed by atoms with Crippen molar-refractivity contribution in [1.82, 2.24) is 10.6 Å². The topological polar surface area (TPSA) is 87.6 Å². The smallest absolute Gasteiger partial charge is 0.286 e. The molecule has 6 nitrogen and oxygen atoms in total. The molecule has 0 radical (unpaired) electrons. The van der Waals surface area contributed by atoms with Gasteiger partial charge in [-0.05, 0) is 25.1 Å². The van der Waals surface area contributed by atoms with E-state index in [4.69, 9.17) is 0 Å². The molecule has 0 aromatic rings. The summed E-state index contributed by atoms with van der Waals surface area (Å²) in [5.74, 6) is -0.854. The number of allylic oxidation sites excluding steroid dienone is 1. The van der Waals surface area contributed by atoms with E-state index in [1.54, 1.807) is 13.2 Å². The second-order valence-corrected chi connectivity index (χ2v) is 3.72. The van der Waals surface area contributed by atoms with Crippen LogP contribution in [0.15, 0.2) is 29.6 Å². The van der Waals surface area contributed by atoms with Gasteiger partial charge in [0.15, 0.2) is 0 Å². The molecule has 0 heterocycles. The molecule has 2 N–H and O–H groups in total. The molecule has 0 aromatic heterocycles. The molecule has 0 aliphatic carbocycles. The highest BCUT2D eigenvalue weighted by molar-refractivity contribution is 5.79. The number of nitroso groups, excluding NO2 is 1. The summed E-state index contributed by atoms with van der Waals surface area (Å²) in [5.41, 5.74) is 0.907. The molecule has 0 fully saturated rings. The standard InChI is InChI=1S/C12H19N3O3/c1-10(6-8-13-2)7-9-14-11(16)4-3-5-12(17)15-18/h6,8,13H,1,3-5,7,9H2,2H3,(H,14,16)/b8-6-. The molecule has 0 rings (SSSR count). The molecule has 6 heteroatoms. The van der Waals surface area contributed by atoms with Crippen LogP contribution in [0.2, 0.25) is 0 Å². The minimum absolute atomic E-state index is 0.0224. The third-order valence-corrected chi connectivity index (χ3v) is 2.15. The van der Waals surface area contributed by atoms with Crippen molar-refractivity contribution in [1.29, 1.82) is 0 Å². The normalized spacial score (nSPS) is 10.1. The van der Waals surface area contributed by atoms with E-state index in [1.807, 2.05) is 6.08 Å². The van der Waals surface area contributed by atoms with Crippen molar-refractivity contribution in [3.63, 3.8) is 0 Å². The summed E-state index contributed by atoms with van der Waals surface area (Å²) in [5, 5.41) is 7.81. The molecule has 0 aliphatic rings. The molecule has 0 aromatic carbocycles. The zero-order valence-electron chi connectivity index (χ0n) is 10.6. The fourth-order valence-corrected chi connectivity index (χ4v) is 1.18. The molecule has 0 atom stereocenters. The Hall–Kier alpha value is -1.98. The first kappa shape index (κ1) is 16.0. The van der Waals surface area contributed by atoms with Crippen molar-refractivity contribution in [3.05, 3.63) is 29.3 Å². The summed E-state index contributed by atoms with van der Waals surface area (Å²) in [6, 6.07) is 0. The largest absolute Gasteiger partial charge is 0.394 e. The van der Waals surface area contributed by atoms with E-state index < -0.39 is 5.91 Å². The molecule has 100 valence electrons. The molecule has 2 amide bonds. The van der Waals surface area contributed by atoms with Gasteiger partial charge in [-0.25, -0.2) is 0 Å². The maximum atomic E-state index is 11.3. The summed E-state index contributed by atoms with van der Waals surface area (Å²) in [4.78, 5) is 31.7. The summed E-state index contributed by atoms with van der Waals surface area (Å²) in [7, 11) is 1.79. The van der Waals surface area contributed by atoms with Gasteiger partial charge in [-0.2, -0.15) is 0 Å². The average molecular weight is 253 g/mol. The summed E-state index contributed by atoms with van der Waals surface area (Å²) < 4.78 is 0. The zero-order valence-corrected chi connectivity index (χ0v) is 10.6. The van der Waals surface area contributed by atoms with Gasteiger partial charge >= 0.3 is 0 Å². The van der Waals surface area contributed by atoms with Crippen LogP contribution in [0.25, 0.3) is 0 Å². The maximum Gasteiger partial charge on any atom is 0.286 e. The molecular weight excluding hydrogens is 234 g/mol. The molecule has 0 unspecified atom stereocenters. The monoisotopic (exact) mass is 253 g/mol. The summed E-state index contributed by atoms with van der Waals surface area (Å²) >= 11 is 0. The lowest BCUT2D eigenvalue weighted by molar-refractivity contribution is -0.121. The fourth-order valence-electron chi connectivity index (χ4n) is 1.18. The van der Waals surface area contributed by atoms with Crippen molar-refractivity contribution in [2.75, 3.05) is 13.6 Å². The van der Waals surface area contributed by atoms with Crippen LogP contribution in [0, 0.1) is 4.91 Å². The Morgan fingerprint density at radius 3 is 2.61 bits per heavy atom. The van der Waals surface area contributed by atoms with Crippen LogP contribution >= 0.6 is 0 Å². The van der Waals surface area contributed by atoms with Crippen LogP contribution in [0.3, 0.4) is 0 Å². The maximum absolute atomic E-state index is 11.3. The van der Waals surface area contributed by atoms with Gasteiger partial charge in [0.25, 0.3) is 5.91 Å². The molecule has 0 aliphatic heterocycles. The minimum Gasteiger partial charge on any atom is -0.394 e. The first-order valence-corrected chi connectivity index (χ1v) is 5.74. The number of hydrogen-bond donors (Lipinski definition) is 2. The van der Waals surface area contributed by atoms with Gasteiger partial charge in [0, 0.05) is 31.6 Å². The number of carbonyl (C=O) groups is 2. The van der Waals surface area contributed by atoms with Crippen LogP contribution < -0.4 is 10.6 Å².